The molecule has 5 rings (SSSR count). The summed E-state index contributed by atoms with van der Waals surface area (Å²) in [6, 6.07) is 8.05. The van der Waals surface area contributed by atoms with Crippen LogP contribution in [-0.4, -0.2) is 54.1 Å². The van der Waals surface area contributed by atoms with E-state index in [4.69, 9.17) is 14.5 Å². The molecule has 0 radical (unpaired) electrons. The Labute approximate surface area is 169 Å². The Bertz CT molecular complexity index is 1080. The highest BCUT2D eigenvalue weighted by molar-refractivity contribution is 6.15. The van der Waals surface area contributed by atoms with Crippen LogP contribution in [0.25, 0.3) is 11.3 Å². The monoisotopic (exact) mass is 387 g/mol. The minimum Gasteiger partial charge on any atom is -0.496 e. The average Bonchev–Trinajstić information content (AvgIpc) is 3.23. The fourth-order valence-electron chi connectivity index (χ4n) is 3.76. The van der Waals surface area contributed by atoms with Gasteiger partial charge in [0.1, 0.15) is 11.6 Å². The predicted octanol–water partition coefficient (Wildman–Crippen LogP) is 2.73. The van der Waals surface area contributed by atoms with Gasteiger partial charge in [-0.05, 0) is 24.3 Å². The molecule has 0 spiro atoms. The molecule has 0 amide bonds. The molecule has 146 valence electrons. The molecule has 0 aliphatic carbocycles. The number of anilines is 1. The molecule has 0 atom stereocenters. The molecule has 3 aromatic rings. The van der Waals surface area contributed by atoms with Gasteiger partial charge in [0, 0.05) is 54.6 Å². The van der Waals surface area contributed by atoms with Gasteiger partial charge < -0.3 is 14.4 Å². The zero-order valence-electron chi connectivity index (χ0n) is 16.2. The van der Waals surface area contributed by atoms with Gasteiger partial charge in [-0.3, -0.25) is 15.0 Å². The van der Waals surface area contributed by atoms with Crippen LogP contribution >= 0.6 is 0 Å². The van der Waals surface area contributed by atoms with Gasteiger partial charge in [-0.15, -0.1) is 0 Å². The van der Waals surface area contributed by atoms with E-state index in [1.807, 2.05) is 24.5 Å². The molecule has 7 heteroatoms. The lowest BCUT2D eigenvalue weighted by atomic mass is 10.00. The van der Waals surface area contributed by atoms with Crippen LogP contribution in [0.3, 0.4) is 0 Å². The number of aromatic nitrogens is 3. The van der Waals surface area contributed by atoms with Crippen LogP contribution in [0.1, 0.15) is 16.7 Å². The smallest absolute Gasteiger partial charge is 0.131 e. The number of hydrogen-bond acceptors (Lipinski definition) is 7. The molecule has 1 fully saturated rings. The minimum atomic E-state index is 0.636. The van der Waals surface area contributed by atoms with Crippen LogP contribution in [0, 0.1) is 0 Å². The number of nitrogens with zero attached hydrogens (tertiary/aromatic N) is 5. The van der Waals surface area contributed by atoms with E-state index in [1.165, 1.54) is 0 Å². The van der Waals surface area contributed by atoms with Crippen molar-refractivity contribution in [3.05, 3.63) is 65.7 Å². The molecular formula is C22H21N5O2. The van der Waals surface area contributed by atoms with Gasteiger partial charge in [-0.2, -0.15) is 0 Å². The summed E-state index contributed by atoms with van der Waals surface area (Å²) in [5.41, 5.74) is 5.95. The second-order valence-corrected chi connectivity index (χ2v) is 6.97. The van der Waals surface area contributed by atoms with E-state index in [2.05, 4.69) is 32.0 Å². The molecule has 0 saturated carbocycles. The van der Waals surface area contributed by atoms with Crippen LogP contribution in [0.2, 0.25) is 0 Å². The van der Waals surface area contributed by atoms with E-state index in [-0.39, 0.29) is 0 Å². The van der Waals surface area contributed by atoms with E-state index in [0.29, 0.717) is 6.54 Å². The fraction of sp³-hybridized carbons (Fsp3) is 0.273. The lowest BCUT2D eigenvalue weighted by molar-refractivity contribution is 0.122. The van der Waals surface area contributed by atoms with Gasteiger partial charge in [0.15, 0.2) is 0 Å². The van der Waals surface area contributed by atoms with Crippen molar-refractivity contribution in [1.82, 2.24) is 15.0 Å². The maximum absolute atomic E-state index is 5.48. The quantitative estimate of drug-likeness (QED) is 0.685. The molecule has 7 nitrogen and oxygen atoms in total. The third-order valence-electron chi connectivity index (χ3n) is 5.28. The maximum atomic E-state index is 5.48. The summed E-state index contributed by atoms with van der Waals surface area (Å²) in [7, 11) is 1.66. The first-order chi connectivity index (χ1) is 14.3. The fourth-order valence-corrected chi connectivity index (χ4v) is 3.76. The molecule has 3 aromatic heterocycles. The number of aliphatic imine (C=N–C) groups is 1. The summed E-state index contributed by atoms with van der Waals surface area (Å²) < 4.78 is 10.9. The van der Waals surface area contributed by atoms with Crippen molar-refractivity contribution in [2.75, 3.05) is 38.3 Å². The van der Waals surface area contributed by atoms with Crippen molar-refractivity contribution in [1.29, 1.82) is 0 Å². The molecule has 29 heavy (non-hydrogen) atoms. The van der Waals surface area contributed by atoms with Gasteiger partial charge in [0.2, 0.25) is 0 Å². The Balaban J connectivity index is 1.51. The summed E-state index contributed by atoms with van der Waals surface area (Å²) in [4.78, 5) is 20.5. The van der Waals surface area contributed by atoms with Crippen LogP contribution < -0.4 is 9.64 Å². The molecule has 0 bridgehead atoms. The largest absolute Gasteiger partial charge is 0.496 e. The second kappa shape index (κ2) is 7.60. The Kier molecular flexibility index (Phi) is 4.65. The number of rotatable bonds is 4. The predicted molar refractivity (Wildman–Crippen MR) is 111 cm³/mol. The molecular weight excluding hydrogens is 366 g/mol. The molecule has 5 heterocycles. The van der Waals surface area contributed by atoms with Crippen molar-refractivity contribution < 1.29 is 9.47 Å². The third kappa shape index (κ3) is 3.34. The lowest BCUT2D eigenvalue weighted by Gasteiger charge is -2.28. The van der Waals surface area contributed by atoms with Gasteiger partial charge in [0.05, 0.1) is 43.8 Å². The van der Waals surface area contributed by atoms with E-state index < -0.39 is 0 Å². The van der Waals surface area contributed by atoms with Gasteiger partial charge in [0.25, 0.3) is 0 Å². The lowest BCUT2D eigenvalue weighted by Crippen LogP contribution is -2.36. The highest BCUT2D eigenvalue weighted by atomic mass is 16.5. The molecule has 2 aliphatic rings. The zero-order valence-corrected chi connectivity index (χ0v) is 16.2. The van der Waals surface area contributed by atoms with E-state index >= 15 is 0 Å². The molecule has 1 saturated heterocycles. The van der Waals surface area contributed by atoms with Crippen LogP contribution in [0.5, 0.6) is 5.75 Å². The average molecular weight is 387 g/mol. The highest BCUT2D eigenvalue weighted by Gasteiger charge is 2.21. The Morgan fingerprint density at radius 3 is 2.76 bits per heavy atom. The first-order valence-corrected chi connectivity index (χ1v) is 9.65. The van der Waals surface area contributed by atoms with Crippen molar-refractivity contribution in [2.45, 2.75) is 6.54 Å². The van der Waals surface area contributed by atoms with Gasteiger partial charge in [-0.1, -0.05) is 0 Å². The normalized spacial score (nSPS) is 15.8. The Morgan fingerprint density at radius 1 is 1.00 bits per heavy atom. The first-order valence-electron chi connectivity index (χ1n) is 9.65. The van der Waals surface area contributed by atoms with Crippen LogP contribution in [0.15, 0.2) is 54.0 Å². The first kappa shape index (κ1) is 17.8. The highest BCUT2D eigenvalue weighted by Crippen LogP contribution is 2.31. The molecule has 2 aliphatic heterocycles. The van der Waals surface area contributed by atoms with Crippen molar-refractivity contribution in [3.63, 3.8) is 0 Å². The number of ether oxygens (including phenoxy) is 2. The van der Waals surface area contributed by atoms with Gasteiger partial charge in [-0.25, -0.2) is 4.98 Å². The maximum Gasteiger partial charge on any atom is 0.131 e. The summed E-state index contributed by atoms with van der Waals surface area (Å²) in [6.45, 7) is 3.81. The van der Waals surface area contributed by atoms with E-state index in [0.717, 1.165) is 71.5 Å². The SMILES string of the molecule is COc1ccncc1-c1cc2c(cn1)CN=C2c1ccnc(N2CCOCC2)c1. The number of fused-ring (bicyclic) bond motifs is 1. The number of morpholine rings is 1. The van der Waals surface area contributed by atoms with E-state index in [9.17, 15) is 0 Å². The topological polar surface area (TPSA) is 72.7 Å². The molecule has 0 unspecified atom stereocenters. The second-order valence-electron chi connectivity index (χ2n) is 6.97. The number of methoxy groups -OCH3 is 1. The summed E-state index contributed by atoms with van der Waals surface area (Å²) >= 11 is 0. The standard InChI is InChI=1S/C22H21N5O2/c1-28-20-3-4-23-14-18(20)19-11-17-16(12-25-19)13-26-22(17)15-2-5-24-21(10-15)27-6-8-29-9-7-27/h2-5,10-12,14H,6-9,13H2,1H3. The molecule has 0 aromatic carbocycles. The Hall–Kier alpha value is -3.32. The van der Waals surface area contributed by atoms with Crippen molar-refractivity contribution in [2.24, 2.45) is 4.99 Å². The zero-order chi connectivity index (χ0) is 19.6. The summed E-state index contributed by atoms with van der Waals surface area (Å²) in [6.07, 6.45) is 7.25. The number of hydrogen-bond donors (Lipinski definition) is 0. The third-order valence-corrected chi connectivity index (χ3v) is 5.28. The molecule has 0 N–H and O–H groups in total. The Morgan fingerprint density at radius 2 is 1.90 bits per heavy atom. The summed E-state index contributed by atoms with van der Waals surface area (Å²) in [5, 5.41) is 0. The van der Waals surface area contributed by atoms with Gasteiger partial charge >= 0.3 is 0 Å². The van der Waals surface area contributed by atoms with Crippen molar-refractivity contribution >= 4 is 11.5 Å². The van der Waals surface area contributed by atoms with Crippen LogP contribution in [0.4, 0.5) is 5.82 Å². The minimum absolute atomic E-state index is 0.636. The summed E-state index contributed by atoms with van der Waals surface area (Å²) in [5.74, 6) is 1.72. The van der Waals surface area contributed by atoms with Crippen molar-refractivity contribution in [3.8, 4) is 17.0 Å². The van der Waals surface area contributed by atoms with E-state index in [1.54, 1.807) is 19.5 Å². The number of pyridine rings is 3. The van der Waals surface area contributed by atoms with Crippen LogP contribution in [-0.2, 0) is 11.3 Å².